The van der Waals surface area contributed by atoms with E-state index in [4.69, 9.17) is 16.6 Å². The summed E-state index contributed by atoms with van der Waals surface area (Å²) in [6.45, 7) is 3.71. The molecule has 3 atom stereocenters. The number of benzene rings is 1. The van der Waals surface area contributed by atoms with Gasteiger partial charge in [0, 0.05) is 0 Å². The second-order valence-corrected chi connectivity index (χ2v) is 7.06. The summed E-state index contributed by atoms with van der Waals surface area (Å²) in [6, 6.07) is 5.88. The molecule has 1 aromatic carbocycles. The highest BCUT2D eigenvalue weighted by Gasteiger charge is 2.29. The molecule has 9 heteroatoms. The van der Waals surface area contributed by atoms with Crippen molar-refractivity contribution in [1.82, 2.24) is 10.6 Å². The molecule has 28 heavy (non-hydrogen) atoms. The van der Waals surface area contributed by atoms with Gasteiger partial charge in [0.2, 0.25) is 17.7 Å². The van der Waals surface area contributed by atoms with Crippen molar-refractivity contribution in [3.8, 4) is 0 Å². The van der Waals surface area contributed by atoms with Gasteiger partial charge in [0.1, 0.15) is 12.1 Å². The number of carbonyl (C=O) groups excluding carboxylic acids is 3. The molecule has 0 heterocycles. The number of aliphatic carboxylic acids is 1. The van der Waals surface area contributed by atoms with Gasteiger partial charge in [-0.05, 0) is 24.3 Å². The smallest absolute Gasteiger partial charge is 0.326 e. The van der Waals surface area contributed by atoms with Crippen LogP contribution in [0.2, 0.25) is 0 Å². The topological polar surface area (TPSA) is 165 Å². The number of hydrogen-bond donors (Lipinski definition) is 5. The van der Waals surface area contributed by atoms with E-state index in [9.17, 15) is 19.2 Å². The summed E-state index contributed by atoms with van der Waals surface area (Å²) in [5.74, 6) is -3.43. The maximum atomic E-state index is 12.5. The standard InChI is InChI=1S/C19H28N4O5/c1-11(2)8-14(18(26)23-15(19(27)28)10-16(21)24)22-17(25)13(20)9-12-6-4-3-5-7-12/h3-7,11,13-15H,8-10,20H2,1-2H3,(H2,21,24)(H,22,25)(H,23,26)(H,27,28). The van der Waals surface area contributed by atoms with Gasteiger partial charge in [0.05, 0.1) is 12.5 Å². The Hall–Kier alpha value is -2.94. The molecule has 0 saturated heterocycles. The molecule has 0 aliphatic rings. The highest BCUT2D eigenvalue weighted by atomic mass is 16.4. The fourth-order valence-electron chi connectivity index (χ4n) is 2.62. The van der Waals surface area contributed by atoms with Crippen LogP contribution in [0.3, 0.4) is 0 Å². The minimum atomic E-state index is -1.46. The van der Waals surface area contributed by atoms with Crippen LogP contribution in [0.4, 0.5) is 0 Å². The van der Waals surface area contributed by atoms with Crippen LogP contribution in [-0.4, -0.2) is 46.9 Å². The predicted molar refractivity (Wildman–Crippen MR) is 103 cm³/mol. The molecule has 3 unspecified atom stereocenters. The Bertz CT molecular complexity index is 693. The molecule has 0 saturated carbocycles. The van der Waals surface area contributed by atoms with E-state index >= 15 is 0 Å². The first kappa shape index (κ1) is 23.1. The van der Waals surface area contributed by atoms with E-state index in [1.165, 1.54) is 0 Å². The summed E-state index contributed by atoms with van der Waals surface area (Å²) in [5.41, 5.74) is 11.8. The van der Waals surface area contributed by atoms with Crippen LogP contribution in [0.5, 0.6) is 0 Å². The molecule has 154 valence electrons. The first-order valence-corrected chi connectivity index (χ1v) is 9.01. The number of carboxylic acids is 1. The van der Waals surface area contributed by atoms with Crippen LogP contribution in [0.1, 0.15) is 32.3 Å². The van der Waals surface area contributed by atoms with Crippen molar-refractivity contribution in [2.75, 3.05) is 0 Å². The van der Waals surface area contributed by atoms with Gasteiger partial charge in [-0.3, -0.25) is 14.4 Å². The van der Waals surface area contributed by atoms with Crippen LogP contribution in [0.15, 0.2) is 30.3 Å². The quantitative estimate of drug-likeness (QED) is 0.342. The lowest BCUT2D eigenvalue weighted by Crippen LogP contribution is -2.55. The summed E-state index contributed by atoms with van der Waals surface area (Å²) in [6.07, 6.45) is 0.0254. The molecule has 1 aromatic rings. The Labute approximate surface area is 163 Å². The van der Waals surface area contributed by atoms with Crippen LogP contribution < -0.4 is 22.1 Å². The number of nitrogens with two attached hydrogens (primary N) is 2. The summed E-state index contributed by atoms with van der Waals surface area (Å²) >= 11 is 0. The largest absolute Gasteiger partial charge is 0.480 e. The van der Waals surface area contributed by atoms with Crippen LogP contribution in [-0.2, 0) is 25.6 Å². The lowest BCUT2D eigenvalue weighted by atomic mass is 10.0. The molecule has 0 fully saturated rings. The second kappa shape index (κ2) is 11.0. The number of amides is 3. The summed E-state index contributed by atoms with van der Waals surface area (Å²) in [5, 5.41) is 14.0. The van der Waals surface area contributed by atoms with Gasteiger partial charge >= 0.3 is 5.97 Å². The van der Waals surface area contributed by atoms with E-state index < -0.39 is 48.2 Å². The summed E-state index contributed by atoms with van der Waals surface area (Å²) < 4.78 is 0. The molecular formula is C19H28N4O5. The second-order valence-electron chi connectivity index (χ2n) is 7.06. The highest BCUT2D eigenvalue weighted by Crippen LogP contribution is 2.08. The fraction of sp³-hybridized carbons (Fsp3) is 0.474. The van der Waals surface area contributed by atoms with E-state index in [1.807, 2.05) is 44.2 Å². The normalized spacial score (nSPS) is 14.0. The Balaban J connectivity index is 2.79. The van der Waals surface area contributed by atoms with Gasteiger partial charge in [0.15, 0.2) is 0 Å². The molecule has 0 aliphatic heterocycles. The van der Waals surface area contributed by atoms with Gasteiger partial charge in [-0.2, -0.15) is 0 Å². The van der Waals surface area contributed by atoms with Crippen molar-refractivity contribution >= 4 is 23.7 Å². The van der Waals surface area contributed by atoms with E-state index in [0.29, 0.717) is 6.42 Å². The maximum absolute atomic E-state index is 12.5. The van der Waals surface area contributed by atoms with Crippen molar-refractivity contribution in [3.63, 3.8) is 0 Å². The summed E-state index contributed by atoms with van der Waals surface area (Å²) in [7, 11) is 0. The molecule has 9 nitrogen and oxygen atoms in total. The van der Waals surface area contributed by atoms with E-state index in [-0.39, 0.29) is 12.3 Å². The van der Waals surface area contributed by atoms with E-state index in [2.05, 4.69) is 10.6 Å². The first-order valence-electron chi connectivity index (χ1n) is 9.01. The minimum absolute atomic E-state index is 0.0424. The average molecular weight is 392 g/mol. The van der Waals surface area contributed by atoms with Gasteiger partial charge < -0.3 is 27.2 Å². The molecule has 0 aliphatic carbocycles. The monoisotopic (exact) mass is 392 g/mol. The Morgan fingerprint density at radius 2 is 1.57 bits per heavy atom. The SMILES string of the molecule is CC(C)CC(NC(=O)C(N)Cc1ccccc1)C(=O)NC(CC(N)=O)C(=O)O. The van der Waals surface area contributed by atoms with Crippen molar-refractivity contribution in [2.45, 2.75) is 51.2 Å². The molecule has 0 bridgehead atoms. The van der Waals surface area contributed by atoms with E-state index in [1.54, 1.807) is 0 Å². The molecule has 7 N–H and O–H groups in total. The lowest BCUT2D eigenvalue weighted by molar-refractivity contribution is -0.143. The molecule has 3 amide bonds. The van der Waals surface area contributed by atoms with Gasteiger partial charge in [-0.25, -0.2) is 4.79 Å². The lowest BCUT2D eigenvalue weighted by Gasteiger charge is -2.24. The molecule has 0 aromatic heterocycles. The van der Waals surface area contributed by atoms with Crippen molar-refractivity contribution in [3.05, 3.63) is 35.9 Å². The third-order valence-corrected chi connectivity index (χ3v) is 4.00. The van der Waals surface area contributed by atoms with Crippen molar-refractivity contribution < 1.29 is 24.3 Å². The zero-order valence-electron chi connectivity index (χ0n) is 16.1. The number of carbonyl (C=O) groups is 4. The highest BCUT2D eigenvalue weighted by molar-refractivity contribution is 5.93. The maximum Gasteiger partial charge on any atom is 0.326 e. The summed E-state index contributed by atoms with van der Waals surface area (Å²) in [4.78, 5) is 47.2. The Morgan fingerprint density at radius 3 is 2.07 bits per heavy atom. The Morgan fingerprint density at radius 1 is 1.00 bits per heavy atom. The third kappa shape index (κ3) is 8.17. The number of carboxylic acid groups (broad SMARTS) is 1. The number of hydrogen-bond acceptors (Lipinski definition) is 5. The zero-order valence-corrected chi connectivity index (χ0v) is 16.1. The number of rotatable bonds is 11. The van der Waals surface area contributed by atoms with Crippen molar-refractivity contribution in [2.24, 2.45) is 17.4 Å². The number of primary amides is 1. The Kier molecular flexibility index (Phi) is 9.10. The van der Waals surface area contributed by atoms with Crippen molar-refractivity contribution in [1.29, 1.82) is 0 Å². The van der Waals surface area contributed by atoms with Crippen LogP contribution >= 0.6 is 0 Å². The van der Waals surface area contributed by atoms with Gasteiger partial charge in [0.25, 0.3) is 0 Å². The fourth-order valence-corrected chi connectivity index (χ4v) is 2.62. The molecular weight excluding hydrogens is 364 g/mol. The zero-order chi connectivity index (χ0) is 21.3. The minimum Gasteiger partial charge on any atom is -0.480 e. The van der Waals surface area contributed by atoms with Gasteiger partial charge in [-0.15, -0.1) is 0 Å². The molecule has 0 spiro atoms. The van der Waals surface area contributed by atoms with Crippen LogP contribution in [0.25, 0.3) is 0 Å². The van der Waals surface area contributed by atoms with E-state index in [0.717, 1.165) is 5.56 Å². The third-order valence-electron chi connectivity index (χ3n) is 4.00. The molecule has 0 radical (unpaired) electrons. The van der Waals surface area contributed by atoms with Gasteiger partial charge in [-0.1, -0.05) is 44.2 Å². The van der Waals surface area contributed by atoms with Crippen LogP contribution in [0, 0.1) is 5.92 Å². The molecule has 1 rings (SSSR count). The first-order chi connectivity index (χ1) is 13.1. The average Bonchev–Trinajstić information content (AvgIpc) is 2.60. The predicted octanol–water partition coefficient (Wildman–Crippen LogP) is -0.468. The number of nitrogens with one attached hydrogen (secondary N) is 2.